The zero-order chi connectivity index (χ0) is 16.2. The van der Waals surface area contributed by atoms with Gasteiger partial charge in [0.05, 0.1) is 0 Å². The van der Waals surface area contributed by atoms with Crippen LogP contribution in [0.25, 0.3) is 0 Å². The smallest absolute Gasteiger partial charge is 0.219 e. The van der Waals surface area contributed by atoms with Crippen LogP contribution in [0.2, 0.25) is 0 Å². The van der Waals surface area contributed by atoms with Crippen LogP contribution in [0.5, 0.6) is 0 Å². The van der Waals surface area contributed by atoms with Crippen LogP contribution in [-0.4, -0.2) is 61.5 Å². The van der Waals surface area contributed by atoms with Gasteiger partial charge in [0.15, 0.2) is 0 Å². The maximum Gasteiger partial charge on any atom is 0.219 e. The zero-order valence-electron chi connectivity index (χ0n) is 14.5. The highest BCUT2D eigenvalue weighted by atomic mass is 16.2. The van der Waals surface area contributed by atoms with E-state index in [-0.39, 0.29) is 5.91 Å². The number of rotatable bonds is 3. The van der Waals surface area contributed by atoms with Gasteiger partial charge in [0.1, 0.15) is 0 Å². The second-order valence-corrected chi connectivity index (χ2v) is 7.07. The van der Waals surface area contributed by atoms with Crippen molar-refractivity contribution in [1.29, 1.82) is 0 Å². The number of benzene rings is 1. The molecule has 0 saturated carbocycles. The van der Waals surface area contributed by atoms with Crippen molar-refractivity contribution in [2.75, 3.05) is 50.7 Å². The first kappa shape index (κ1) is 16.3. The van der Waals surface area contributed by atoms with Gasteiger partial charge in [-0.3, -0.25) is 9.69 Å². The lowest BCUT2D eigenvalue weighted by atomic mass is 9.95. The van der Waals surface area contributed by atoms with Gasteiger partial charge in [0.2, 0.25) is 5.91 Å². The van der Waals surface area contributed by atoms with E-state index < -0.39 is 0 Å². The Bertz CT molecular complexity index is 512. The summed E-state index contributed by atoms with van der Waals surface area (Å²) in [6, 6.07) is 8.90. The standard InChI is InChI=1S/C19H29N3O/c1-16-3-5-19(6-4-16)22-9-7-18(8-10-22)15-20-11-13-21(14-12-20)17(2)23/h3-6,18H,7-15H2,1-2H3. The number of piperazine rings is 1. The lowest BCUT2D eigenvalue weighted by molar-refractivity contribution is -0.130. The fourth-order valence-electron chi connectivity index (χ4n) is 3.74. The average molecular weight is 315 g/mol. The molecule has 1 aromatic carbocycles. The van der Waals surface area contributed by atoms with Crippen molar-refractivity contribution >= 4 is 11.6 Å². The minimum atomic E-state index is 0.219. The molecule has 4 heteroatoms. The molecule has 0 unspecified atom stereocenters. The van der Waals surface area contributed by atoms with Gasteiger partial charge in [0.25, 0.3) is 0 Å². The number of anilines is 1. The number of piperidine rings is 1. The Hall–Kier alpha value is -1.55. The molecule has 2 aliphatic heterocycles. The third kappa shape index (κ3) is 4.25. The van der Waals surface area contributed by atoms with Gasteiger partial charge in [-0.2, -0.15) is 0 Å². The molecule has 0 aromatic heterocycles. The van der Waals surface area contributed by atoms with Crippen LogP contribution in [-0.2, 0) is 4.79 Å². The second kappa shape index (κ2) is 7.35. The van der Waals surface area contributed by atoms with Crippen LogP contribution in [0.4, 0.5) is 5.69 Å². The van der Waals surface area contributed by atoms with Crippen molar-refractivity contribution in [2.45, 2.75) is 26.7 Å². The van der Waals surface area contributed by atoms with Gasteiger partial charge in [-0.25, -0.2) is 0 Å². The highest BCUT2D eigenvalue weighted by molar-refractivity contribution is 5.73. The van der Waals surface area contributed by atoms with Crippen LogP contribution in [0, 0.1) is 12.8 Å². The molecule has 2 fully saturated rings. The Labute approximate surface area is 140 Å². The molecule has 126 valence electrons. The lowest BCUT2D eigenvalue weighted by Gasteiger charge is -2.39. The Balaban J connectivity index is 1.43. The predicted octanol–water partition coefficient (Wildman–Crippen LogP) is 2.38. The largest absolute Gasteiger partial charge is 0.372 e. The molecule has 1 aromatic rings. The first-order valence-electron chi connectivity index (χ1n) is 8.91. The predicted molar refractivity (Wildman–Crippen MR) is 94.8 cm³/mol. The number of aryl methyl sites for hydroxylation is 1. The van der Waals surface area contributed by atoms with Crippen LogP contribution < -0.4 is 4.90 Å². The minimum Gasteiger partial charge on any atom is -0.372 e. The molecule has 1 amide bonds. The summed E-state index contributed by atoms with van der Waals surface area (Å²) in [4.78, 5) is 18.4. The van der Waals surface area contributed by atoms with E-state index in [0.717, 1.165) is 32.1 Å². The molecule has 2 aliphatic rings. The molecule has 2 saturated heterocycles. The van der Waals surface area contributed by atoms with Gasteiger partial charge >= 0.3 is 0 Å². The van der Waals surface area contributed by atoms with Crippen molar-refractivity contribution in [3.05, 3.63) is 29.8 Å². The molecule has 0 aliphatic carbocycles. The number of hydrogen-bond acceptors (Lipinski definition) is 3. The Morgan fingerprint density at radius 1 is 1.00 bits per heavy atom. The monoisotopic (exact) mass is 315 g/mol. The molecule has 0 bridgehead atoms. The third-order valence-corrected chi connectivity index (χ3v) is 5.35. The van der Waals surface area contributed by atoms with Gasteiger partial charge in [-0.15, -0.1) is 0 Å². The molecule has 0 radical (unpaired) electrons. The summed E-state index contributed by atoms with van der Waals surface area (Å²) >= 11 is 0. The summed E-state index contributed by atoms with van der Waals surface area (Å²) in [6.45, 7) is 11.2. The summed E-state index contributed by atoms with van der Waals surface area (Å²) in [5.41, 5.74) is 2.69. The second-order valence-electron chi connectivity index (χ2n) is 7.07. The van der Waals surface area contributed by atoms with E-state index >= 15 is 0 Å². The van der Waals surface area contributed by atoms with E-state index in [1.54, 1.807) is 6.92 Å². The van der Waals surface area contributed by atoms with E-state index in [1.165, 1.54) is 43.7 Å². The van der Waals surface area contributed by atoms with Gasteiger partial charge < -0.3 is 9.80 Å². The summed E-state index contributed by atoms with van der Waals surface area (Å²) in [5.74, 6) is 1.02. The molecule has 0 atom stereocenters. The van der Waals surface area contributed by atoms with Crippen LogP contribution in [0.15, 0.2) is 24.3 Å². The highest BCUT2D eigenvalue weighted by Crippen LogP contribution is 2.24. The SMILES string of the molecule is CC(=O)N1CCN(CC2CCN(c3ccc(C)cc3)CC2)CC1. The molecule has 23 heavy (non-hydrogen) atoms. The topological polar surface area (TPSA) is 26.8 Å². The van der Waals surface area contributed by atoms with Gasteiger partial charge in [0, 0.05) is 58.4 Å². The maximum absolute atomic E-state index is 11.4. The van der Waals surface area contributed by atoms with Gasteiger partial charge in [-0.05, 0) is 37.8 Å². The summed E-state index contributed by atoms with van der Waals surface area (Å²) in [7, 11) is 0. The van der Waals surface area contributed by atoms with Crippen molar-refractivity contribution in [1.82, 2.24) is 9.80 Å². The van der Waals surface area contributed by atoms with Crippen LogP contribution in [0.1, 0.15) is 25.3 Å². The lowest BCUT2D eigenvalue weighted by Crippen LogP contribution is -2.50. The maximum atomic E-state index is 11.4. The summed E-state index contributed by atoms with van der Waals surface area (Å²) < 4.78 is 0. The number of nitrogens with zero attached hydrogens (tertiary/aromatic N) is 3. The quantitative estimate of drug-likeness (QED) is 0.857. The Kier molecular flexibility index (Phi) is 5.21. The van der Waals surface area contributed by atoms with E-state index in [4.69, 9.17) is 0 Å². The first-order valence-corrected chi connectivity index (χ1v) is 8.91. The van der Waals surface area contributed by atoms with E-state index in [1.807, 2.05) is 4.90 Å². The molecule has 4 nitrogen and oxygen atoms in total. The molecular formula is C19H29N3O. The van der Waals surface area contributed by atoms with E-state index in [2.05, 4.69) is 41.0 Å². The fourth-order valence-corrected chi connectivity index (χ4v) is 3.74. The minimum absolute atomic E-state index is 0.219. The average Bonchev–Trinajstić information content (AvgIpc) is 2.57. The molecule has 0 N–H and O–H groups in total. The van der Waals surface area contributed by atoms with Gasteiger partial charge in [-0.1, -0.05) is 17.7 Å². The third-order valence-electron chi connectivity index (χ3n) is 5.35. The van der Waals surface area contributed by atoms with Crippen molar-refractivity contribution in [3.8, 4) is 0 Å². The molecule has 3 rings (SSSR count). The van der Waals surface area contributed by atoms with E-state index in [9.17, 15) is 4.79 Å². The van der Waals surface area contributed by atoms with Crippen molar-refractivity contribution < 1.29 is 4.79 Å². The summed E-state index contributed by atoms with van der Waals surface area (Å²) in [6.07, 6.45) is 2.56. The fraction of sp³-hybridized carbons (Fsp3) is 0.632. The van der Waals surface area contributed by atoms with Crippen LogP contribution in [0.3, 0.4) is 0 Å². The molecule has 0 spiro atoms. The number of carbonyl (C=O) groups is 1. The molecular weight excluding hydrogens is 286 g/mol. The number of hydrogen-bond donors (Lipinski definition) is 0. The number of amides is 1. The first-order chi connectivity index (χ1) is 11.1. The Morgan fingerprint density at radius 2 is 1.61 bits per heavy atom. The van der Waals surface area contributed by atoms with Crippen molar-refractivity contribution in [3.63, 3.8) is 0 Å². The van der Waals surface area contributed by atoms with Crippen molar-refractivity contribution in [2.24, 2.45) is 5.92 Å². The molecule has 2 heterocycles. The number of carbonyl (C=O) groups excluding carboxylic acids is 1. The normalized spacial score (nSPS) is 20.8. The van der Waals surface area contributed by atoms with E-state index in [0.29, 0.717) is 0 Å². The Morgan fingerprint density at radius 3 is 2.17 bits per heavy atom. The zero-order valence-corrected chi connectivity index (χ0v) is 14.5. The summed E-state index contributed by atoms with van der Waals surface area (Å²) in [5, 5.41) is 0. The van der Waals surface area contributed by atoms with Crippen LogP contribution >= 0.6 is 0 Å². The highest BCUT2D eigenvalue weighted by Gasteiger charge is 2.24.